The lowest BCUT2D eigenvalue weighted by Crippen LogP contribution is -2.01. The Morgan fingerprint density at radius 3 is 2.56 bits per heavy atom. The fraction of sp³-hybridized carbons (Fsp3) is 0. The monoisotopic (exact) mass is 228 g/mol. The van der Waals surface area contributed by atoms with Crippen LogP contribution in [-0.4, -0.2) is 0 Å². The van der Waals surface area contributed by atoms with Crippen LogP contribution in [0.15, 0.2) is 56.6 Å². The van der Waals surface area contributed by atoms with E-state index in [-0.39, 0.29) is 5.43 Å². The molecular formula is C13H8O2S. The smallest absolute Gasteiger partial charge is 0.200 e. The Kier molecular flexibility index (Phi) is 2.01. The van der Waals surface area contributed by atoms with Crippen LogP contribution in [0.1, 0.15) is 0 Å². The van der Waals surface area contributed by atoms with Crippen molar-refractivity contribution in [3.05, 3.63) is 52.7 Å². The van der Waals surface area contributed by atoms with E-state index in [4.69, 9.17) is 4.42 Å². The number of rotatable bonds is 0. The summed E-state index contributed by atoms with van der Waals surface area (Å²) in [6, 6.07) is 12.6. The van der Waals surface area contributed by atoms with Gasteiger partial charge in [-0.2, -0.15) is 0 Å². The van der Waals surface area contributed by atoms with Crippen LogP contribution in [0.4, 0.5) is 0 Å². The molecule has 78 valence electrons. The molecule has 16 heavy (non-hydrogen) atoms. The third-order valence-electron chi connectivity index (χ3n) is 2.58. The van der Waals surface area contributed by atoms with Gasteiger partial charge >= 0.3 is 0 Å². The van der Waals surface area contributed by atoms with Gasteiger partial charge in [0.05, 0.1) is 10.8 Å². The quantitative estimate of drug-likeness (QED) is 0.473. The summed E-state index contributed by atoms with van der Waals surface area (Å²) in [6.07, 6.45) is 0. The fourth-order valence-electron chi connectivity index (χ4n) is 1.81. The van der Waals surface area contributed by atoms with Crippen molar-refractivity contribution in [2.75, 3.05) is 0 Å². The average Bonchev–Trinajstić information content (AvgIpc) is 2.31. The lowest BCUT2D eigenvalue weighted by Gasteiger charge is -2.02. The van der Waals surface area contributed by atoms with Gasteiger partial charge in [-0.15, -0.1) is 12.6 Å². The number of fused-ring (bicyclic) bond motifs is 2. The van der Waals surface area contributed by atoms with Gasteiger partial charge in [-0.25, -0.2) is 0 Å². The Bertz CT molecular complexity index is 744. The van der Waals surface area contributed by atoms with E-state index < -0.39 is 0 Å². The van der Waals surface area contributed by atoms with Gasteiger partial charge in [0.1, 0.15) is 5.58 Å². The lowest BCUT2D eigenvalue weighted by atomic mass is 10.1. The highest BCUT2D eigenvalue weighted by Crippen LogP contribution is 2.23. The van der Waals surface area contributed by atoms with E-state index in [1.54, 1.807) is 24.3 Å². The zero-order chi connectivity index (χ0) is 11.1. The molecule has 0 aliphatic rings. The highest BCUT2D eigenvalue weighted by atomic mass is 32.1. The molecule has 3 rings (SSSR count). The Morgan fingerprint density at radius 2 is 1.69 bits per heavy atom. The molecular weight excluding hydrogens is 220 g/mol. The summed E-state index contributed by atoms with van der Waals surface area (Å²) in [5, 5.41) is 1.18. The minimum absolute atomic E-state index is 0.00671. The largest absolute Gasteiger partial charge is 0.455 e. The molecule has 0 fully saturated rings. The molecule has 3 heteroatoms. The van der Waals surface area contributed by atoms with Gasteiger partial charge in [-0.1, -0.05) is 18.2 Å². The second-order valence-electron chi connectivity index (χ2n) is 3.58. The van der Waals surface area contributed by atoms with Crippen LogP contribution >= 0.6 is 12.6 Å². The zero-order valence-electron chi connectivity index (χ0n) is 8.31. The molecule has 0 bridgehead atoms. The van der Waals surface area contributed by atoms with Crippen molar-refractivity contribution in [1.82, 2.24) is 0 Å². The minimum Gasteiger partial charge on any atom is -0.455 e. The Labute approximate surface area is 96.9 Å². The van der Waals surface area contributed by atoms with Crippen LogP contribution in [0.2, 0.25) is 0 Å². The number of hydrogen-bond donors (Lipinski definition) is 1. The summed E-state index contributed by atoms with van der Waals surface area (Å²) >= 11 is 4.29. The molecule has 0 aliphatic carbocycles. The van der Waals surface area contributed by atoms with Gasteiger partial charge in [0.25, 0.3) is 0 Å². The van der Waals surface area contributed by atoms with E-state index in [0.717, 1.165) is 0 Å². The van der Waals surface area contributed by atoms with Crippen molar-refractivity contribution in [1.29, 1.82) is 0 Å². The summed E-state index contributed by atoms with van der Waals surface area (Å²) < 4.78 is 5.68. The van der Waals surface area contributed by atoms with E-state index in [1.165, 1.54) is 0 Å². The number of hydrogen-bond acceptors (Lipinski definition) is 3. The maximum absolute atomic E-state index is 12.1. The number of benzene rings is 2. The Hall–Kier alpha value is -1.74. The van der Waals surface area contributed by atoms with E-state index in [1.807, 2.05) is 18.2 Å². The highest BCUT2D eigenvalue weighted by molar-refractivity contribution is 7.80. The maximum Gasteiger partial charge on any atom is 0.200 e. The second kappa shape index (κ2) is 3.39. The van der Waals surface area contributed by atoms with E-state index >= 15 is 0 Å². The normalized spacial score (nSPS) is 11.1. The Balaban J connectivity index is 2.67. The van der Waals surface area contributed by atoms with E-state index in [9.17, 15) is 4.79 Å². The van der Waals surface area contributed by atoms with Crippen LogP contribution in [0.5, 0.6) is 0 Å². The summed E-state index contributed by atoms with van der Waals surface area (Å²) in [5.74, 6) is 0. The standard InChI is InChI=1S/C13H8O2S/c14-12-8-4-1-2-6-10(8)15-13-9(12)5-3-7-11(13)16/h1-7,16H. The van der Waals surface area contributed by atoms with Gasteiger partial charge < -0.3 is 4.42 Å². The maximum atomic E-state index is 12.1. The van der Waals surface area contributed by atoms with Crippen molar-refractivity contribution in [3.8, 4) is 0 Å². The minimum atomic E-state index is -0.00671. The van der Waals surface area contributed by atoms with Crippen LogP contribution in [0, 0.1) is 0 Å². The SMILES string of the molecule is O=c1c2ccccc2oc2c(S)cccc12. The van der Waals surface area contributed by atoms with Crippen LogP contribution in [0.25, 0.3) is 21.9 Å². The Morgan fingerprint density at radius 1 is 0.938 bits per heavy atom. The summed E-state index contributed by atoms with van der Waals surface area (Å²) in [6.45, 7) is 0. The lowest BCUT2D eigenvalue weighted by molar-refractivity contribution is 0.651. The molecule has 2 aromatic carbocycles. The predicted octanol–water partition coefficient (Wildman–Crippen LogP) is 3.23. The second-order valence-corrected chi connectivity index (χ2v) is 4.06. The van der Waals surface area contributed by atoms with E-state index in [2.05, 4.69) is 12.6 Å². The molecule has 3 aromatic rings. The molecule has 0 N–H and O–H groups in total. The zero-order valence-corrected chi connectivity index (χ0v) is 9.20. The third-order valence-corrected chi connectivity index (χ3v) is 2.93. The van der Waals surface area contributed by atoms with Crippen LogP contribution in [-0.2, 0) is 0 Å². The first-order chi connectivity index (χ1) is 7.77. The highest BCUT2D eigenvalue weighted by Gasteiger charge is 2.08. The van der Waals surface area contributed by atoms with Gasteiger partial charge in [0, 0.05) is 4.90 Å². The molecule has 0 unspecified atom stereocenters. The molecule has 1 aromatic heterocycles. The van der Waals surface area contributed by atoms with Gasteiger partial charge in [0.15, 0.2) is 5.58 Å². The van der Waals surface area contributed by atoms with Crippen molar-refractivity contribution >= 4 is 34.6 Å². The molecule has 0 saturated carbocycles. The first-order valence-corrected chi connectivity index (χ1v) is 5.35. The van der Waals surface area contributed by atoms with Crippen molar-refractivity contribution in [2.45, 2.75) is 4.90 Å². The molecule has 2 nitrogen and oxygen atoms in total. The summed E-state index contributed by atoms with van der Waals surface area (Å²) in [5.41, 5.74) is 1.14. The first-order valence-electron chi connectivity index (χ1n) is 4.91. The molecule has 0 radical (unpaired) electrons. The number of thiol groups is 1. The summed E-state index contributed by atoms with van der Waals surface area (Å²) in [7, 11) is 0. The molecule has 0 atom stereocenters. The van der Waals surface area contributed by atoms with Crippen molar-refractivity contribution < 1.29 is 4.42 Å². The molecule has 0 spiro atoms. The topological polar surface area (TPSA) is 30.2 Å². The van der Waals surface area contributed by atoms with Crippen molar-refractivity contribution in [3.63, 3.8) is 0 Å². The van der Waals surface area contributed by atoms with Gasteiger partial charge in [-0.3, -0.25) is 4.79 Å². The number of para-hydroxylation sites is 2. The molecule has 0 amide bonds. The fourth-order valence-corrected chi connectivity index (χ4v) is 2.06. The molecule has 0 saturated heterocycles. The summed E-state index contributed by atoms with van der Waals surface area (Å²) in [4.78, 5) is 12.8. The average molecular weight is 228 g/mol. The third kappa shape index (κ3) is 1.25. The van der Waals surface area contributed by atoms with Crippen molar-refractivity contribution in [2.24, 2.45) is 0 Å². The van der Waals surface area contributed by atoms with Crippen LogP contribution in [0.3, 0.4) is 0 Å². The van der Waals surface area contributed by atoms with Crippen LogP contribution < -0.4 is 5.43 Å². The van der Waals surface area contributed by atoms with Gasteiger partial charge in [-0.05, 0) is 24.3 Å². The van der Waals surface area contributed by atoms with Gasteiger partial charge in [0.2, 0.25) is 5.43 Å². The molecule has 0 aliphatic heterocycles. The predicted molar refractivity (Wildman–Crippen MR) is 67.2 cm³/mol. The first kappa shape index (κ1) is 9.48. The van der Waals surface area contributed by atoms with E-state index in [0.29, 0.717) is 26.8 Å². The molecule has 1 heterocycles.